The molecule has 1 rings (SSSR count). The van der Waals surface area contributed by atoms with Crippen LogP contribution < -0.4 is 0 Å². The van der Waals surface area contributed by atoms with Gasteiger partial charge < -0.3 is 14.9 Å². The molecule has 0 aliphatic carbocycles. The van der Waals surface area contributed by atoms with E-state index in [-0.39, 0.29) is 0 Å². The quantitative estimate of drug-likeness (QED) is 0.542. The van der Waals surface area contributed by atoms with Gasteiger partial charge in [-0.3, -0.25) is 4.55 Å². The zero-order chi connectivity index (χ0) is 12.5. The Morgan fingerprint density at radius 2 is 2.12 bits per heavy atom. The Labute approximate surface area is 91.0 Å². The predicted molar refractivity (Wildman–Crippen MR) is 48.7 cm³/mol. The highest BCUT2D eigenvalue weighted by Crippen LogP contribution is 2.21. The highest BCUT2D eigenvalue weighted by Gasteiger charge is 2.36. The SMILES string of the molecule is CC1OC(C(=O)O)=CC(O)C1OS(=O)(=O)O. The molecular formula is C7H10O8S. The first-order valence-electron chi connectivity index (χ1n) is 4.16. The van der Waals surface area contributed by atoms with Crippen LogP contribution in [-0.2, 0) is 24.1 Å². The average molecular weight is 254 g/mol. The fourth-order valence-corrected chi connectivity index (χ4v) is 1.78. The molecule has 0 saturated carbocycles. The molecule has 0 amide bonds. The minimum absolute atomic E-state index is 0.504. The van der Waals surface area contributed by atoms with Gasteiger partial charge in [-0.25, -0.2) is 8.98 Å². The van der Waals surface area contributed by atoms with E-state index < -0.39 is 40.4 Å². The summed E-state index contributed by atoms with van der Waals surface area (Å²) < 4.78 is 38.2. The van der Waals surface area contributed by atoms with E-state index >= 15 is 0 Å². The smallest absolute Gasteiger partial charge is 0.397 e. The molecule has 3 atom stereocenters. The lowest BCUT2D eigenvalue weighted by Gasteiger charge is -2.30. The van der Waals surface area contributed by atoms with Crippen LogP contribution >= 0.6 is 0 Å². The average Bonchev–Trinajstić information content (AvgIpc) is 2.09. The van der Waals surface area contributed by atoms with Crippen LogP contribution in [0.3, 0.4) is 0 Å². The minimum atomic E-state index is -4.74. The van der Waals surface area contributed by atoms with Gasteiger partial charge in [0.1, 0.15) is 18.3 Å². The molecule has 3 N–H and O–H groups in total. The first-order chi connectivity index (χ1) is 7.20. The lowest BCUT2D eigenvalue weighted by atomic mass is 10.1. The molecule has 92 valence electrons. The van der Waals surface area contributed by atoms with E-state index in [2.05, 4.69) is 4.18 Å². The Balaban J connectivity index is 2.88. The number of carboxylic acid groups (broad SMARTS) is 1. The van der Waals surface area contributed by atoms with Gasteiger partial charge in [0.2, 0.25) is 5.76 Å². The summed E-state index contributed by atoms with van der Waals surface area (Å²) in [7, 11) is -4.74. The van der Waals surface area contributed by atoms with E-state index in [9.17, 15) is 18.3 Å². The number of rotatable bonds is 3. The maximum absolute atomic E-state index is 10.5. The number of ether oxygens (including phenoxy) is 1. The number of carboxylic acids is 1. The molecule has 8 nitrogen and oxygen atoms in total. The maximum atomic E-state index is 10.5. The number of hydrogen-bond donors (Lipinski definition) is 3. The summed E-state index contributed by atoms with van der Waals surface area (Å²) in [5, 5.41) is 18.0. The third-order valence-electron chi connectivity index (χ3n) is 1.88. The van der Waals surface area contributed by atoms with Crippen molar-refractivity contribution in [2.24, 2.45) is 0 Å². The molecule has 1 aliphatic rings. The van der Waals surface area contributed by atoms with Crippen molar-refractivity contribution in [2.75, 3.05) is 0 Å². The van der Waals surface area contributed by atoms with Crippen LogP contribution in [0, 0.1) is 0 Å². The molecule has 0 radical (unpaired) electrons. The molecule has 0 aromatic rings. The second-order valence-corrected chi connectivity index (χ2v) is 4.19. The van der Waals surface area contributed by atoms with Crippen LogP contribution in [0.2, 0.25) is 0 Å². The summed E-state index contributed by atoms with van der Waals surface area (Å²) in [4.78, 5) is 10.5. The Morgan fingerprint density at radius 3 is 2.50 bits per heavy atom. The van der Waals surface area contributed by atoms with E-state index in [1.54, 1.807) is 0 Å². The zero-order valence-corrected chi connectivity index (χ0v) is 8.92. The molecule has 1 heterocycles. The normalized spacial score (nSPS) is 30.4. The van der Waals surface area contributed by atoms with Crippen molar-refractivity contribution in [1.29, 1.82) is 0 Å². The van der Waals surface area contributed by atoms with Gasteiger partial charge in [-0.1, -0.05) is 0 Å². The van der Waals surface area contributed by atoms with Crippen molar-refractivity contribution >= 4 is 16.4 Å². The molecule has 1 aliphatic heterocycles. The monoisotopic (exact) mass is 254 g/mol. The van der Waals surface area contributed by atoms with Crippen molar-refractivity contribution in [1.82, 2.24) is 0 Å². The van der Waals surface area contributed by atoms with Crippen LogP contribution in [0.15, 0.2) is 11.8 Å². The largest absolute Gasteiger partial charge is 0.481 e. The lowest BCUT2D eigenvalue weighted by Crippen LogP contribution is -2.44. The molecule has 0 aromatic heterocycles. The maximum Gasteiger partial charge on any atom is 0.397 e. The number of aliphatic hydroxyl groups excluding tert-OH is 1. The number of aliphatic hydroxyl groups is 1. The first kappa shape index (κ1) is 12.9. The summed E-state index contributed by atoms with van der Waals surface area (Å²) in [5.74, 6) is -1.90. The van der Waals surface area contributed by atoms with E-state index in [1.807, 2.05) is 0 Å². The number of carbonyl (C=O) groups is 1. The van der Waals surface area contributed by atoms with Crippen LogP contribution in [0.5, 0.6) is 0 Å². The van der Waals surface area contributed by atoms with Crippen LogP contribution in [0.1, 0.15) is 6.92 Å². The second kappa shape index (κ2) is 4.37. The van der Waals surface area contributed by atoms with Gasteiger partial charge in [-0.15, -0.1) is 0 Å². The molecule has 9 heteroatoms. The summed E-state index contributed by atoms with van der Waals surface area (Å²) in [5.41, 5.74) is 0. The molecule has 0 fully saturated rings. The Morgan fingerprint density at radius 1 is 1.56 bits per heavy atom. The van der Waals surface area contributed by atoms with Crippen LogP contribution in [-0.4, -0.2) is 47.5 Å². The van der Waals surface area contributed by atoms with E-state index in [0.29, 0.717) is 0 Å². The van der Waals surface area contributed by atoms with Crippen LogP contribution in [0.25, 0.3) is 0 Å². The summed E-state index contributed by atoms with van der Waals surface area (Å²) in [6.07, 6.45) is -3.14. The first-order valence-corrected chi connectivity index (χ1v) is 5.53. The highest BCUT2D eigenvalue weighted by atomic mass is 32.3. The summed E-state index contributed by atoms with van der Waals surface area (Å²) in [6, 6.07) is 0. The topological polar surface area (TPSA) is 130 Å². The van der Waals surface area contributed by atoms with Crippen molar-refractivity contribution < 1.29 is 36.9 Å². The Hall–Kier alpha value is -1.16. The number of hydrogen-bond acceptors (Lipinski definition) is 6. The minimum Gasteiger partial charge on any atom is -0.481 e. The van der Waals surface area contributed by atoms with Crippen LogP contribution in [0.4, 0.5) is 0 Å². The fourth-order valence-electron chi connectivity index (χ4n) is 1.23. The molecule has 0 spiro atoms. The fraction of sp³-hybridized carbons (Fsp3) is 0.571. The lowest BCUT2D eigenvalue weighted by molar-refractivity contribution is -0.141. The van der Waals surface area contributed by atoms with Crippen molar-refractivity contribution in [2.45, 2.75) is 25.2 Å². The van der Waals surface area contributed by atoms with Gasteiger partial charge in [-0.2, -0.15) is 8.42 Å². The van der Waals surface area contributed by atoms with Gasteiger partial charge in [0.05, 0.1) is 0 Å². The Kier molecular flexibility index (Phi) is 3.53. The molecule has 0 aromatic carbocycles. The molecule has 16 heavy (non-hydrogen) atoms. The van der Waals surface area contributed by atoms with Gasteiger partial charge in [0.25, 0.3) is 0 Å². The zero-order valence-electron chi connectivity index (χ0n) is 8.10. The van der Waals surface area contributed by atoms with E-state index in [0.717, 1.165) is 6.08 Å². The van der Waals surface area contributed by atoms with E-state index in [1.165, 1.54) is 6.92 Å². The number of aliphatic carboxylic acids is 1. The van der Waals surface area contributed by atoms with Gasteiger partial charge >= 0.3 is 16.4 Å². The van der Waals surface area contributed by atoms with Crippen molar-refractivity contribution in [3.8, 4) is 0 Å². The third-order valence-corrected chi connectivity index (χ3v) is 2.34. The second-order valence-electron chi connectivity index (χ2n) is 3.14. The Bertz CT molecular complexity index is 410. The predicted octanol–water partition coefficient (Wildman–Crippen LogP) is -1.08. The summed E-state index contributed by atoms with van der Waals surface area (Å²) >= 11 is 0. The molecule has 3 unspecified atom stereocenters. The van der Waals surface area contributed by atoms with Crippen molar-refractivity contribution in [3.63, 3.8) is 0 Å². The van der Waals surface area contributed by atoms with Crippen molar-refractivity contribution in [3.05, 3.63) is 11.8 Å². The molecular weight excluding hydrogens is 244 g/mol. The molecule has 0 bridgehead atoms. The van der Waals surface area contributed by atoms with Gasteiger partial charge in [-0.05, 0) is 13.0 Å². The summed E-state index contributed by atoms with van der Waals surface area (Å²) in [6.45, 7) is 1.30. The van der Waals surface area contributed by atoms with E-state index in [4.69, 9.17) is 14.4 Å². The highest BCUT2D eigenvalue weighted by molar-refractivity contribution is 7.80. The molecule has 0 saturated heterocycles. The standard InChI is InChI=1S/C7H10O8S/c1-3-6(15-16(11,12)13)4(8)2-5(14-3)7(9)10/h2-4,6,8H,1H3,(H,9,10)(H,11,12,13). The van der Waals surface area contributed by atoms with Gasteiger partial charge in [0, 0.05) is 0 Å². The third kappa shape index (κ3) is 3.17. The van der Waals surface area contributed by atoms with Gasteiger partial charge in [0.15, 0.2) is 0 Å².